The molecule has 0 aliphatic carbocycles. The quantitative estimate of drug-likeness (QED) is 0.321. The minimum absolute atomic E-state index is 0. The first-order valence-electron chi connectivity index (χ1n) is 8.71. The standard InChI is InChI=1S/C18H30N4O2S.HI/c1-14(15-8-6-5-7-9-15)22-18(2,3)13-20-17(19-4)21-16-10-11-25(23,24)12-16;/h5-9,14,16,22H,10-13H2,1-4H3,(H2,19,20,21);1H. The van der Waals surface area contributed by atoms with Crippen molar-refractivity contribution >= 4 is 39.8 Å². The van der Waals surface area contributed by atoms with Gasteiger partial charge >= 0.3 is 0 Å². The van der Waals surface area contributed by atoms with E-state index in [0.717, 1.165) is 0 Å². The van der Waals surface area contributed by atoms with Gasteiger partial charge in [-0.05, 0) is 32.8 Å². The van der Waals surface area contributed by atoms with E-state index in [-0.39, 0.29) is 53.1 Å². The van der Waals surface area contributed by atoms with Gasteiger partial charge in [0.2, 0.25) is 0 Å². The maximum Gasteiger partial charge on any atom is 0.191 e. The molecule has 1 heterocycles. The van der Waals surface area contributed by atoms with E-state index in [1.165, 1.54) is 5.56 Å². The van der Waals surface area contributed by atoms with Crippen molar-refractivity contribution in [3.63, 3.8) is 0 Å². The van der Waals surface area contributed by atoms with Crippen molar-refractivity contribution in [2.75, 3.05) is 25.1 Å². The monoisotopic (exact) mass is 494 g/mol. The second-order valence-corrected chi connectivity index (χ2v) is 9.56. The molecule has 0 bridgehead atoms. The molecule has 8 heteroatoms. The van der Waals surface area contributed by atoms with Gasteiger partial charge in [-0.1, -0.05) is 30.3 Å². The molecular weight excluding hydrogens is 463 g/mol. The van der Waals surface area contributed by atoms with Crippen molar-refractivity contribution in [2.45, 2.75) is 44.8 Å². The van der Waals surface area contributed by atoms with Crippen LogP contribution >= 0.6 is 24.0 Å². The summed E-state index contributed by atoms with van der Waals surface area (Å²) in [6.07, 6.45) is 0.635. The van der Waals surface area contributed by atoms with Crippen molar-refractivity contribution in [1.29, 1.82) is 0 Å². The predicted molar refractivity (Wildman–Crippen MR) is 119 cm³/mol. The third kappa shape index (κ3) is 7.40. The lowest BCUT2D eigenvalue weighted by Crippen LogP contribution is -2.53. The van der Waals surface area contributed by atoms with E-state index >= 15 is 0 Å². The number of benzene rings is 1. The van der Waals surface area contributed by atoms with Gasteiger partial charge in [-0.15, -0.1) is 24.0 Å². The Kier molecular flexibility index (Phi) is 8.81. The molecule has 2 atom stereocenters. The number of hydrogen-bond acceptors (Lipinski definition) is 4. The van der Waals surface area contributed by atoms with Crippen LogP contribution in [0.5, 0.6) is 0 Å². The topological polar surface area (TPSA) is 82.6 Å². The molecule has 1 aromatic carbocycles. The maximum absolute atomic E-state index is 11.6. The summed E-state index contributed by atoms with van der Waals surface area (Å²) in [5, 5.41) is 10.1. The Morgan fingerprint density at radius 1 is 1.31 bits per heavy atom. The van der Waals surface area contributed by atoms with Crippen LogP contribution < -0.4 is 16.0 Å². The molecule has 0 saturated carbocycles. The van der Waals surface area contributed by atoms with Crippen molar-refractivity contribution in [1.82, 2.24) is 16.0 Å². The van der Waals surface area contributed by atoms with Gasteiger partial charge in [0, 0.05) is 31.2 Å². The van der Waals surface area contributed by atoms with Crippen molar-refractivity contribution in [3.05, 3.63) is 35.9 Å². The number of guanidine groups is 1. The number of hydrogen-bond donors (Lipinski definition) is 3. The zero-order valence-corrected chi connectivity index (χ0v) is 19.1. The van der Waals surface area contributed by atoms with Crippen LogP contribution in [0.1, 0.15) is 38.8 Å². The fourth-order valence-corrected chi connectivity index (χ4v) is 4.74. The molecule has 1 aliphatic heterocycles. The Balaban J connectivity index is 0.00000338. The SMILES string of the molecule is CN=C(NCC(C)(C)NC(C)c1ccccc1)NC1CCS(=O)(=O)C1.I. The van der Waals surface area contributed by atoms with Gasteiger partial charge in [-0.2, -0.15) is 0 Å². The van der Waals surface area contributed by atoms with Crippen LogP contribution in [0.15, 0.2) is 35.3 Å². The molecule has 148 valence electrons. The van der Waals surface area contributed by atoms with E-state index in [2.05, 4.69) is 53.8 Å². The molecule has 0 spiro atoms. The summed E-state index contributed by atoms with van der Waals surface area (Å²) < 4.78 is 23.1. The van der Waals surface area contributed by atoms with Gasteiger partial charge in [0.1, 0.15) is 0 Å². The molecule has 2 rings (SSSR count). The van der Waals surface area contributed by atoms with Crippen LogP contribution in [-0.4, -0.2) is 51.1 Å². The Morgan fingerprint density at radius 3 is 2.50 bits per heavy atom. The predicted octanol–water partition coefficient (Wildman–Crippen LogP) is 2.09. The molecule has 0 amide bonds. The third-order valence-corrected chi connectivity index (χ3v) is 6.17. The smallest absolute Gasteiger partial charge is 0.191 e. The minimum Gasteiger partial charge on any atom is -0.355 e. The third-order valence-electron chi connectivity index (χ3n) is 4.40. The summed E-state index contributed by atoms with van der Waals surface area (Å²) in [5.74, 6) is 1.08. The second kappa shape index (κ2) is 9.89. The highest BCUT2D eigenvalue weighted by Gasteiger charge is 2.29. The summed E-state index contributed by atoms with van der Waals surface area (Å²) in [4.78, 5) is 4.21. The van der Waals surface area contributed by atoms with Crippen molar-refractivity contribution in [2.24, 2.45) is 4.99 Å². The van der Waals surface area contributed by atoms with E-state index in [0.29, 0.717) is 18.9 Å². The molecule has 1 aromatic rings. The fraction of sp³-hybridized carbons (Fsp3) is 0.611. The van der Waals surface area contributed by atoms with E-state index in [1.54, 1.807) is 7.05 Å². The van der Waals surface area contributed by atoms with Gasteiger partial charge in [-0.25, -0.2) is 8.42 Å². The number of sulfone groups is 1. The number of nitrogens with one attached hydrogen (secondary N) is 3. The zero-order chi connectivity index (χ0) is 18.5. The van der Waals surface area contributed by atoms with Crippen LogP contribution in [0, 0.1) is 0 Å². The van der Waals surface area contributed by atoms with Crippen molar-refractivity contribution in [3.8, 4) is 0 Å². The fourth-order valence-electron chi connectivity index (χ4n) is 3.06. The number of nitrogens with zero attached hydrogens (tertiary/aromatic N) is 1. The Bertz CT molecular complexity index is 692. The summed E-state index contributed by atoms with van der Waals surface area (Å²) in [5.41, 5.74) is 1.09. The van der Waals surface area contributed by atoms with Crippen LogP contribution in [0.4, 0.5) is 0 Å². The molecule has 0 radical (unpaired) electrons. The Hall–Kier alpha value is -0.870. The molecule has 1 fully saturated rings. The van der Waals surface area contributed by atoms with Gasteiger partial charge in [-0.3, -0.25) is 4.99 Å². The average Bonchev–Trinajstić information content (AvgIpc) is 2.90. The zero-order valence-electron chi connectivity index (χ0n) is 16.0. The highest BCUT2D eigenvalue weighted by Crippen LogP contribution is 2.16. The lowest BCUT2D eigenvalue weighted by Gasteiger charge is -2.31. The molecule has 2 unspecified atom stereocenters. The Labute approximate surface area is 174 Å². The average molecular weight is 494 g/mol. The molecule has 6 nitrogen and oxygen atoms in total. The summed E-state index contributed by atoms with van der Waals surface area (Å²) in [6, 6.07) is 10.5. The van der Waals surface area contributed by atoms with Gasteiger partial charge in [0.15, 0.2) is 15.8 Å². The summed E-state index contributed by atoms with van der Waals surface area (Å²) in [7, 11) is -1.20. The normalized spacial score (nSPS) is 20.9. The molecule has 26 heavy (non-hydrogen) atoms. The van der Waals surface area contributed by atoms with E-state index in [9.17, 15) is 8.42 Å². The molecule has 0 aromatic heterocycles. The van der Waals surface area contributed by atoms with Crippen LogP contribution in [0.3, 0.4) is 0 Å². The van der Waals surface area contributed by atoms with Crippen LogP contribution in [0.2, 0.25) is 0 Å². The molecule has 3 N–H and O–H groups in total. The number of aliphatic imine (C=N–C) groups is 1. The Morgan fingerprint density at radius 2 is 1.96 bits per heavy atom. The van der Waals surface area contributed by atoms with Gasteiger partial charge in [0.05, 0.1) is 11.5 Å². The van der Waals surface area contributed by atoms with Crippen LogP contribution in [-0.2, 0) is 9.84 Å². The lowest BCUT2D eigenvalue weighted by atomic mass is 10.0. The first kappa shape index (κ1) is 23.2. The van der Waals surface area contributed by atoms with E-state index < -0.39 is 9.84 Å². The van der Waals surface area contributed by atoms with E-state index in [4.69, 9.17) is 0 Å². The number of halogens is 1. The summed E-state index contributed by atoms with van der Waals surface area (Å²) in [6.45, 7) is 7.08. The van der Waals surface area contributed by atoms with Gasteiger partial charge < -0.3 is 16.0 Å². The van der Waals surface area contributed by atoms with E-state index in [1.807, 2.05) is 18.2 Å². The molecule has 1 saturated heterocycles. The largest absolute Gasteiger partial charge is 0.355 e. The highest BCUT2D eigenvalue weighted by atomic mass is 127. The summed E-state index contributed by atoms with van der Waals surface area (Å²) >= 11 is 0. The maximum atomic E-state index is 11.6. The number of rotatable bonds is 6. The lowest BCUT2D eigenvalue weighted by molar-refractivity contribution is 0.344. The first-order valence-corrected chi connectivity index (χ1v) is 10.5. The van der Waals surface area contributed by atoms with Gasteiger partial charge in [0.25, 0.3) is 0 Å². The van der Waals surface area contributed by atoms with Crippen molar-refractivity contribution < 1.29 is 8.42 Å². The minimum atomic E-state index is -2.90. The first-order chi connectivity index (χ1) is 11.7. The second-order valence-electron chi connectivity index (χ2n) is 7.33. The molecule has 1 aliphatic rings. The highest BCUT2D eigenvalue weighted by molar-refractivity contribution is 14.0. The van der Waals surface area contributed by atoms with Crippen LogP contribution in [0.25, 0.3) is 0 Å². The molecular formula is C18H31IN4O2S.